The molecule has 0 aliphatic heterocycles. The lowest BCUT2D eigenvalue weighted by molar-refractivity contribution is -0.169. The van der Waals surface area contributed by atoms with Gasteiger partial charge in [0.05, 0.1) is 23.7 Å². The maximum absolute atomic E-state index is 13.1. The number of esters is 1. The number of aliphatic hydroxyl groups is 1. The fourth-order valence-corrected chi connectivity index (χ4v) is 3.52. The standard InChI is InChI=1S/C20H23FN2O6S/c1-3-29-19(25)20(26,11-13-4-7-15(21)8-5-13)18(24)23-17-9-6-14(10-16(17)22)12-30(2,27)28/h4-10,26H,3,11-12,22H2,1-2H3,(H,23,24)/t20-/m1/s1. The lowest BCUT2D eigenvalue weighted by Gasteiger charge is -2.25. The first-order valence-corrected chi connectivity index (χ1v) is 11.0. The van der Waals surface area contributed by atoms with Crippen LogP contribution in [0, 0.1) is 5.82 Å². The molecule has 30 heavy (non-hydrogen) atoms. The van der Waals surface area contributed by atoms with E-state index in [-0.39, 0.29) is 23.7 Å². The van der Waals surface area contributed by atoms with Crippen LogP contribution in [0.3, 0.4) is 0 Å². The zero-order chi connectivity index (χ0) is 22.5. The first-order valence-electron chi connectivity index (χ1n) is 8.96. The van der Waals surface area contributed by atoms with E-state index in [2.05, 4.69) is 5.32 Å². The summed E-state index contributed by atoms with van der Waals surface area (Å²) in [5.41, 5.74) is 4.18. The monoisotopic (exact) mass is 438 g/mol. The average Bonchev–Trinajstić information content (AvgIpc) is 2.64. The Labute approximate surface area is 173 Å². The molecule has 0 aliphatic carbocycles. The van der Waals surface area contributed by atoms with Gasteiger partial charge < -0.3 is 20.9 Å². The quantitative estimate of drug-likeness (QED) is 0.322. The van der Waals surface area contributed by atoms with Gasteiger partial charge in [-0.2, -0.15) is 0 Å². The second-order valence-corrected chi connectivity index (χ2v) is 8.97. The van der Waals surface area contributed by atoms with Crippen LogP contribution in [-0.2, 0) is 36.3 Å². The average molecular weight is 438 g/mol. The van der Waals surface area contributed by atoms with Gasteiger partial charge in [-0.15, -0.1) is 0 Å². The molecule has 162 valence electrons. The molecular weight excluding hydrogens is 415 g/mol. The number of halogens is 1. The minimum Gasteiger partial charge on any atom is -0.463 e. The molecule has 2 aromatic rings. The van der Waals surface area contributed by atoms with Crippen LogP contribution in [0.2, 0.25) is 0 Å². The van der Waals surface area contributed by atoms with Crippen LogP contribution in [0.15, 0.2) is 42.5 Å². The lowest BCUT2D eigenvalue weighted by Crippen LogP contribution is -2.52. The summed E-state index contributed by atoms with van der Waals surface area (Å²) in [5, 5.41) is 13.2. The van der Waals surface area contributed by atoms with Gasteiger partial charge in [0, 0.05) is 12.7 Å². The van der Waals surface area contributed by atoms with Crippen molar-refractivity contribution < 1.29 is 32.2 Å². The maximum Gasteiger partial charge on any atom is 0.348 e. The third kappa shape index (κ3) is 6.01. The molecule has 8 nitrogen and oxygen atoms in total. The van der Waals surface area contributed by atoms with Crippen LogP contribution in [0.5, 0.6) is 0 Å². The Morgan fingerprint density at radius 1 is 1.17 bits per heavy atom. The molecule has 0 saturated carbocycles. The number of hydrogen-bond donors (Lipinski definition) is 3. The van der Waals surface area contributed by atoms with Crippen LogP contribution >= 0.6 is 0 Å². The third-order valence-corrected chi connectivity index (χ3v) is 5.01. The number of amides is 1. The summed E-state index contributed by atoms with van der Waals surface area (Å²) in [7, 11) is -3.28. The molecule has 0 unspecified atom stereocenters. The Bertz CT molecular complexity index is 1040. The van der Waals surface area contributed by atoms with Crippen molar-refractivity contribution in [3.05, 3.63) is 59.4 Å². The summed E-state index contributed by atoms with van der Waals surface area (Å²) in [4.78, 5) is 25.2. The van der Waals surface area contributed by atoms with E-state index in [0.717, 1.165) is 18.4 Å². The molecule has 10 heteroatoms. The highest BCUT2D eigenvalue weighted by atomic mass is 32.2. The zero-order valence-electron chi connectivity index (χ0n) is 16.5. The SMILES string of the molecule is CCOC(=O)[C@@](O)(Cc1ccc(F)cc1)C(=O)Nc1ccc(CS(C)(=O)=O)cc1N. The number of anilines is 2. The minimum atomic E-state index is -3.28. The summed E-state index contributed by atoms with van der Waals surface area (Å²) < 4.78 is 40.8. The van der Waals surface area contributed by atoms with Crippen LogP contribution in [-0.4, -0.2) is 43.9 Å². The first kappa shape index (κ1) is 23.3. The summed E-state index contributed by atoms with van der Waals surface area (Å²) in [5.74, 6) is -3.00. The molecule has 0 saturated heterocycles. The van der Waals surface area contributed by atoms with Gasteiger partial charge in [-0.25, -0.2) is 17.6 Å². The van der Waals surface area contributed by atoms with E-state index < -0.39 is 39.6 Å². The van der Waals surface area contributed by atoms with Gasteiger partial charge in [-0.1, -0.05) is 18.2 Å². The van der Waals surface area contributed by atoms with Crippen LogP contribution < -0.4 is 11.1 Å². The van der Waals surface area contributed by atoms with Crippen molar-refractivity contribution in [3.63, 3.8) is 0 Å². The number of carbonyl (C=O) groups excluding carboxylic acids is 2. The highest BCUT2D eigenvalue weighted by Gasteiger charge is 2.46. The number of sulfone groups is 1. The van der Waals surface area contributed by atoms with E-state index in [0.29, 0.717) is 11.1 Å². The van der Waals surface area contributed by atoms with E-state index >= 15 is 0 Å². The molecule has 0 spiro atoms. The number of nitrogens with one attached hydrogen (secondary N) is 1. The van der Waals surface area contributed by atoms with Gasteiger partial charge in [0.25, 0.3) is 5.91 Å². The third-order valence-electron chi connectivity index (χ3n) is 4.16. The van der Waals surface area contributed by atoms with Crippen molar-refractivity contribution >= 4 is 33.1 Å². The van der Waals surface area contributed by atoms with Gasteiger partial charge in [-0.05, 0) is 42.3 Å². The first-order chi connectivity index (χ1) is 13.9. The van der Waals surface area contributed by atoms with Gasteiger partial charge in [-0.3, -0.25) is 4.79 Å². The number of nitrogens with two attached hydrogens (primary N) is 1. The Balaban J connectivity index is 2.29. The fraction of sp³-hybridized carbons (Fsp3) is 0.300. The lowest BCUT2D eigenvalue weighted by atomic mass is 9.93. The molecule has 2 rings (SSSR count). The molecule has 0 bridgehead atoms. The van der Waals surface area contributed by atoms with Crippen molar-refractivity contribution in [2.45, 2.75) is 24.7 Å². The van der Waals surface area contributed by atoms with E-state index in [1.54, 1.807) is 0 Å². The van der Waals surface area contributed by atoms with Crippen LogP contribution in [0.25, 0.3) is 0 Å². The predicted octanol–water partition coefficient (Wildman–Crippen LogP) is 1.43. The second-order valence-electron chi connectivity index (χ2n) is 6.83. The largest absolute Gasteiger partial charge is 0.463 e. The highest BCUT2D eigenvalue weighted by Crippen LogP contribution is 2.24. The molecular formula is C20H23FN2O6S. The predicted molar refractivity (Wildman–Crippen MR) is 110 cm³/mol. The van der Waals surface area contributed by atoms with Crippen molar-refractivity contribution in [3.8, 4) is 0 Å². The summed E-state index contributed by atoms with van der Waals surface area (Å²) >= 11 is 0. The molecule has 0 aliphatic rings. The molecule has 0 fully saturated rings. The van der Waals surface area contributed by atoms with E-state index in [1.807, 2.05) is 0 Å². The Morgan fingerprint density at radius 2 is 1.77 bits per heavy atom. The second kappa shape index (κ2) is 9.23. The Morgan fingerprint density at radius 3 is 2.30 bits per heavy atom. The summed E-state index contributed by atoms with van der Waals surface area (Å²) in [6, 6.07) is 9.14. The van der Waals surface area contributed by atoms with Crippen molar-refractivity contribution in [1.82, 2.24) is 0 Å². The number of rotatable bonds is 8. The number of nitrogen functional groups attached to an aromatic ring is 1. The van der Waals surface area contributed by atoms with Crippen molar-refractivity contribution in [1.29, 1.82) is 0 Å². The van der Waals surface area contributed by atoms with Crippen molar-refractivity contribution in [2.24, 2.45) is 0 Å². The topological polar surface area (TPSA) is 136 Å². The highest BCUT2D eigenvalue weighted by molar-refractivity contribution is 7.89. The number of benzene rings is 2. The Hall–Kier alpha value is -2.98. The maximum atomic E-state index is 13.1. The summed E-state index contributed by atoms with van der Waals surface area (Å²) in [6.45, 7) is 1.45. The van der Waals surface area contributed by atoms with Crippen LogP contribution in [0.1, 0.15) is 18.1 Å². The smallest absolute Gasteiger partial charge is 0.348 e. The Kier molecular flexibility index (Phi) is 7.16. The fourth-order valence-electron chi connectivity index (χ4n) is 2.74. The molecule has 1 amide bonds. The van der Waals surface area contributed by atoms with Gasteiger partial charge in [0.1, 0.15) is 5.82 Å². The molecule has 0 aromatic heterocycles. The van der Waals surface area contributed by atoms with Gasteiger partial charge in [0.2, 0.25) is 5.60 Å². The van der Waals surface area contributed by atoms with Gasteiger partial charge in [0.15, 0.2) is 9.84 Å². The minimum absolute atomic E-state index is 0.0532. The molecule has 0 radical (unpaired) electrons. The van der Waals surface area contributed by atoms with E-state index in [1.165, 1.54) is 37.3 Å². The number of carbonyl (C=O) groups is 2. The number of hydrogen-bond acceptors (Lipinski definition) is 7. The van der Waals surface area contributed by atoms with Gasteiger partial charge >= 0.3 is 5.97 Å². The van der Waals surface area contributed by atoms with Crippen LogP contribution in [0.4, 0.5) is 15.8 Å². The normalized spacial score (nSPS) is 13.3. The van der Waals surface area contributed by atoms with Crippen molar-refractivity contribution in [2.75, 3.05) is 23.9 Å². The molecule has 4 N–H and O–H groups in total. The number of ether oxygens (including phenoxy) is 1. The van der Waals surface area contributed by atoms with E-state index in [9.17, 15) is 27.5 Å². The molecule has 2 aromatic carbocycles. The zero-order valence-corrected chi connectivity index (χ0v) is 17.3. The van der Waals surface area contributed by atoms with E-state index in [4.69, 9.17) is 10.5 Å². The molecule has 1 atom stereocenters. The molecule has 0 heterocycles. The summed E-state index contributed by atoms with van der Waals surface area (Å²) in [6.07, 6.45) is 0.623.